The first-order valence-electron chi connectivity index (χ1n) is 9.67. The third-order valence-electron chi connectivity index (χ3n) is 4.35. The van der Waals surface area contributed by atoms with Gasteiger partial charge in [-0.3, -0.25) is 4.79 Å². The maximum Gasteiger partial charge on any atom is 0.230 e. The van der Waals surface area contributed by atoms with Gasteiger partial charge < -0.3 is 9.88 Å². The molecule has 2 aromatic heterocycles. The molecule has 4 rings (SSSR count). The van der Waals surface area contributed by atoms with Gasteiger partial charge in [0.15, 0.2) is 9.50 Å². The number of carbonyl (C=O) groups is 1. The van der Waals surface area contributed by atoms with Gasteiger partial charge in [-0.2, -0.15) is 0 Å². The molecule has 0 aliphatic carbocycles. The fraction of sp³-hybridized carbons (Fsp3) is 0.182. The Kier molecular flexibility index (Phi) is 7.39. The lowest BCUT2D eigenvalue weighted by atomic mass is 10.2. The number of benzene rings is 2. The van der Waals surface area contributed by atoms with Crippen LogP contribution in [0.1, 0.15) is 11.4 Å². The van der Waals surface area contributed by atoms with E-state index in [1.807, 2.05) is 36.4 Å². The fourth-order valence-corrected chi connectivity index (χ4v) is 5.66. The summed E-state index contributed by atoms with van der Waals surface area (Å²) in [5.41, 5.74) is 2.18. The Labute approximate surface area is 193 Å². The molecule has 0 spiro atoms. The average Bonchev–Trinajstić information content (AvgIpc) is 3.39. The van der Waals surface area contributed by atoms with Crippen LogP contribution in [0.2, 0.25) is 0 Å². The van der Waals surface area contributed by atoms with Crippen LogP contribution in [0.15, 0.2) is 76.7 Å². The molecule has 9 heteroatoms. The van der Waals surface area contributed by atoms with E-state index in [2.05, 4.69) is 44.9 Å². The summed E-state index contributed by atoms with van der Waals surface area (Å²) in [7, 11) is 0. The van der Waals surface area contributed by atoms with E-state index in [0.717, 1.165) is 26.4 Å². The van der Waals surface area contributed by atoms with E-state index in [0.29, 0.717) is 18.8 Å². The van der Waals surface area contributed by atoms with E-state index in [1.165, 1.54) is 16.5 Å². The van der Waals surface area contributed by atoms with Crippen molar-refractivity contribution in [2.45, 2.75) is 21.8 Å². The Morgan fingerprint density at radius 1 is 1.10 bits per heavy atom. The van der Waals surface area contributed by atoms with E-state index in [4.69, 9.17) is 4.98 Å². The number of hydrogen-bond acceptors (Lipinski definition) is 7. The number of thioether (sulfide) groups is 2. The Bertz CT molecular complexity index is 1140. The van der Waals surface area contributed by atoms with Crippen molar-refractivity contribution >= 4 is 51.0 Å². The molecule has 1 N–H and O–H groups in total. The Morgan fingerprint density at radius 3 is 2.71 bits per heavy atom. The van der Waals surface area contributed by atoms with E-state index >= 15 is 0 Å². The average molecular weight is 468 g/mol. The van der Waals surface area contributed by atoms with Gasteiger partial charge in [0, 0.05) is 6.54 Å². The lowest BCUT2D eigenvalue weighted by Crippen LogP contribution is -2.25. The quantitative estimate of drug-likeness (QED) is 0.271. The first kappa shape index (κ1) is 21.6. The number of nitrogens with zero attached hydrogens (tertiary/aromatic N) is 4. The molecule has 0 aliphatic rings. The van der Waals surface area contributed by atoms with E-state index in [1.54, 1.807) is 29.2 Å². The Hall–Kier alpha value is -2.62. The molecule has 0 fully saturated rings. The molecule has 1 amide bonds. The van der Waals surface area contributed by atoms with Crippen molar-refractivity contribution in [2.75, 3.05) is 12.3 Å². The number of fused-ring (bicyclic) bond motifs is 1. The largest absolute Gasteiger partial charge is 0.352 e. The SMILES string of the molecule is C=CCNC(=O)CSc1nnc(CSc2nc3ccccc3s2)n1Cc1ccccc1. The first-order chi connectivity index (χ1) is 15.2. The number of aromatic nitrogens is 4. The van der Waals surface area contributed by atoms with Crippen LogP contribution in [0.25, 0.3) is 10.2 Å². The molecule has 0 radical (unpaired) electrons. The van der Waals surface area contributed by atoms with Crippen LogP contribution in [0.3, 0.4) is 0 Å². The topological polar surface area (TPSA) is 72.7 Å². The van der Waals surface area contributed by atoms with Crippen molar-refractivity contribution in [1.29, 1.82) is 0 Å². The van der Waals surface area contributed by atoms with Crippen LogP contribution in [-0.2, 0) is 17.1 Å². The molecule has 31 heavy (non-hydrogen) atoms. The molecule has 0 aliphatic heterocycles. The van der Waals surface area contributed by atoms with Gasteiger partial charge in [0.2, 0.25) is 5.91 Å². The van der Waals surface area contributed by atoms with E-state index in [9.17, 15) is 4.79 Å². The van der Waals surface area contributed by atoms with Crippen molar-refractivity contribution in [1.82, 2.24) is 25.1 Å². The minimum atomic E-state index is -0.0513. The van der Waals surface area contributed by atoms with Gasteiger partial charge >= 0.3 is 0 Å². The summed E-state index contributed by atoms with van der Waals surface area (Å²) in [5, 5.41) is 12.3. The van der Waals surface area contributed by atoms with Crippen LogP contribution in [-0.4, -0.2) is 38.0 Å². The van der Waals surface area contributed by atoms with Crippen molar-refractivity contribution in [3.8, 4) is 0 Å². The summed E-state index contributed by atoms with van der Waals surface area (Å²) in [5.74, 6) is 1.75. The highest BCUT2D eigenvalue weighted by Crippen LogP contribution is 2.31. The summed E-state index contributed by atoms with van der Waals surface area (Å²) < 4.78 is 4.27. The molecule has 6 nitrogen and oxygen atoms in total. The smallest absolute Gasteiger partial charge is 0.230 e. The summed E-state index contributed by atoms with van der Waals surface area (Å²) in [4.78, 5) is 16.7. The highest BCUT2D eigenvalue weighted by Gasteiger charge is 2.16. The Balaban J connectivity index is 1.50. The predicted octanol–water partition coefficient (Wildman–Crippen LogP) is 4.62. The minimum Gasteiger partial charge on any atom is -0.352 e. The van der Waals surface area contributed by atoms with Crippen LogP contribution >= 0.6 is 34.9 Å². The van der Waals surface area contributed by atoms with Gasteiger partial charge in [0.05, 0.1) is 28.3 Å². The van der Waals surface area contributed by atoms with Gasteiger partial charge in [0.1, 0.15) is 5.82 Å². The summed E-state index contributed by atoms with van der Waals surface area (Å²) in [6.45, 7) is 4.73. The molecule has 2 aromatic carbocycles. The monoisotopic (exact) mass is 467 g/mol. The van der Waals surface area contributed by atoms with Crippen LogP contribution in [0, 0.1) is 0 Å². The van der Waals surface area contributed by atoms with Crippen molar-refractivity contribution in [3.63, 3.8) is 0 Å². The lowest BCUT2D eigenvalue weighted by Gasteiger charge is -2.10. The van der Waals surface area contributed by atoms with Crippen LogP contribution in [0.4, 0.5) is 0 Å². The van der Waals surface area contributed by atoms with Crippen molar-refractivity contribution < 1.29 is 4.79 Å². The van der Waals surface area contributed by atoms with Crippen molar-refractivity contribution in [2.24, 2.45) is 0 Å². The number of nitrogens with one attached hydrogen (secondary N) is 1. The van der Waals surface area contributed by atoms with Gasteiger partial charge in [-0.25, -0.2) is 4.98 Å². The zero-order chi connectivity index (χ0) is 21.5. The third-order valence-corrected chi connectivity index (χ3v) is 7.49. The molecule has 4 aromatic rings. The number of carbonyl (C=O) groups excluding carboxylic acids is 1. The van der Waals surface area contributed by atoms with E-state index < -0.39 is 0 Å². The highest BCUT2D eigenvalue weighted by atomic mass is 32.2. The summed E-state index contributed by atoms with van der Waals surface area (Å²) in [6.07, 6.45) is 1.66. The lowest BCUT2D eigenvalue weighted by molar-refractivity contribution is -0.118. The zero-order valence-electron chi connectivity index (χ0n) is 16.7. The molecular formula is C22H21N5OS3. The molecule has 0 atom stereocenters. The molecule has 2 heterocycles. The maximum atomic E-state index is 12.0. The number of thiazole rings is 1. The van der Waals surface area contributed by atoms with Gasteiger partial charge in [-0.05, 0) is 17.7 Å². The molecule has 0 saturated carbocycles. The second kappa shape index (κ2) is 10.6. The molecule has 158 valence electrons. The van der Waals surface area contributed by atoms with Gasteiger partial charge in [0.25, 0.3) is 0 Å². The van der Waals surface area contributed by atoms with Crippen LogP contribution in [0.5, 0.6) is 0 Å². The summed E-state index contributed by atoms with van der Waals surface area (Å²) in [6, 6.07) is 18.3. The normalized spacial score (nSPS) is 11.0. The zero-order valence-corrected chi connectivity index (χ0v) is 19.2. The summed E-state index contributed by atoms with van der Waals surface area (Å²) >= 11 is 4.73. The number of hydrogen-bond donors (Lipinski definition) is 1. The second-order valence-corrected chi connectivity index (χ2v) is 9.78. The molecular weight excluding hydrogens is 446 g/mol. The van der Waals surface area contributed by atoms with Gasteiger partial charge in [-0.15, -0.1) is 28.1 Å². The van der Waals surface area contributed by atoms with E-state index in [-0.39, 0.29) is 11.7 Å². The molecule has 0 bridgehead atoms. The predicted molar refractivity (Wildman–Crippen MR) is 129 cm³/mol. The standard InChI is InChI=1S/C22H21N5OS3/c1-2-12-23-20(28)15-29-21-26-25-19(27(21)13-16-8-4-3-5-9-16)14-30-22-24-17-10-6-7-11-18(17)31-22/h2-11H,1,12-15H2,(H,23,28). The molecule has 0 saturated heterocycles. The minimum absolute atomic E-state index is 0.0513. The Morgan fingerprint density at radius 2 is 1.90 bits per heavy atom. The number of para-hydroxylation sites is 1. The van der Waals surface area contributed by atoms with Crippen LogP contribution < -0.4 is 5.32 Å². The number of rotatable bonds is 10. The van der Waals surface area contributed by atoms with Crippen molar-refractivity contribution in [3.05, 3.63) is 78.6 Å². The highest BCUT2D eigenvalue weighted by molar-refractivity contribution is 8.00. The fourth-order valence-electron chi connectivity index (χ4n) is 2.86. The number of amides is 1. The second-order valence-electron chi connectivity index (χ2n) is 6.59. The van der Waals surface area contributed by atoms with Gasteiger partial charge in [-0.1, -0.05) is 72.1 Å². The maximum absolute atomic E-state index is 12.0. The first-order valence-corrected chi connectivity index (χ1v) is 12.5. The molecule has 0 unspecified atom stereocenters. The third kappa shape index (κ3) is 5.75.